The summed E-state index contributed by atoms with van der Waals surface area (Å²) in [5, 5.41) is 10.0. The Hall–Kier alpha value is -2.25. The molecule has 3 aromatic rings. The maximum Gasteiger partial charge on any atom is 0.282 e. The van der Waals surface area contributed by atoms with Crippen molar-refractivity contribution in [2.45, 2.75) is 44.4 Å². The number of rotatable bonds is 0. The zero-order valence-corrected chi connectivity index (χ0v) is 18.8. The Labute approximate surface area is 178 Å². The van der Waals surface area contributed by atoms with E-state index in [1.54, 1.807) is 34.9 Å². The Morgan fingerprint density at radius 2 is 1.46 bits per heavy atom. The van der Waals surface area contributed by atoms with Crippen LogP contribution in [0.2, 0.25) is 0 Å². The summed E-state index contributed by atoms with van der Waals surface area (Å²) < 4.78 is 2.15. The molecule has 6 heteroatoms. The number of thiazole rings is 1. The van der Waals surface area contributed by atoms with E-state index in [-0.39, 0.29) is 5.70 Å². The highest BCUT2D eigenvalue weighted by molar-refractivity contribution is 8.24. The zero-order valence-electron chi connectivity index (χ0n) is 16.4. The topological polar surface area (TPSA) is 41.0 Å². The molecule has 0 saturated heterocycles. The minimum absolute atomic E-state index is 0.199. The van der Waals surface area contributed by atoms with Gasteiger partial charge in [-0.15, -0.1) is 11.3 Å². The lowest BCUT2D eigenvalue weighted by molar-refractivity contribution is 1.13. The second-order valence-electron chi connectivity index (χ2n) is 6.53. The number of nitriles is 1. The largest absolute Gasteiger partial charge is 0.282 e. The number of thioether (sulfide) groups is 2. The van der Waals surface area contributed by atoms with E-state index in [9.17, 15) is 0 Å². The Balaban J connectivity index is 0.000000167. The van der Waals surface area contributed by atoms with Crippen molar-refractivity contribution >= 4 is 45.1 Å². The van der Waals surface area contributed by atoms with Gasteiger partial charge in [-0.2, -0.15) is 0 Å². The molecule has 0 bridgehead atoms. The predicted molar refractivity (Wildman–Crippen MR) is 121 cm³/mol. The van der Waals surface area contributed by atoms with Crippen LogP contribution in [0.1, 0.15) is 27.3 Å². The van der Waals surface area contributed by atoms with Gasteiger partial charge < -0.3 is 0 Å². The summed E-state index contributed by atoms with van der Waals surface area (Å²) in [5.74, 6) is 0. The van der Waals surface area contributed by atoms with Crippen LogP contribution in [0.3, 0.4) is 0 Å². The summed E-state index contributed by atoms with van der Waals surface area (Å²) in [6.07, 6.45) is 0. The van der Waals surface area contributed by atoms with E-state index >= 15 is 0 Å². The van der Waals surface area contributed by atoms with E-state index < -0.39 is 0 Å². The SMILES string of the molecule is Cc1nc2c(C)ccc(C)c2s1.[C-]#[N+]C(C#N)=C1Sc2c(C)ccc(C)c2S1. The molecule has 0 amide bonds. The van der Waals surface area contributed by atoms with Crippen LogP contribution in [-0.4, -0.2) is 4.98 Å². The number of aryl methyl sites for hydroxylation is 5. The monoisotopic (exact) mass is 421 g/mol. The Morgan fingerprint density at radius 1 is 0.929 bits per heavy atom. The van der Waals surface area contributed by atoms with E-state index in [4.69, 9.17) is 11.8 Å². The van der Waals surface area contributed by atoms with E-state index in [1.807, 2.05) is 6.07 Å². The first-order valence-corrected chi connectivity index (χ1v) is 11.1. The number of hydrogen-bond acceptors (Lipinski definition) is 5. The van der Waals surface area contributed by atoms with Gasteiger partial charge in [0.25, 0.3) is 5.70 Å². The van der Waals surface area contributed by atoms with Crippen LogP contribution in [0.5, 0.6) is 0 Å². The fourth-order valence-corrected chi connectivity index (χ4v) is 6.39. The average molecular weight is 422 g/mol. The maximum atomic E-state index is 8.86. The van der Waals surface area contributed by atoms with Crippen LogP contribution in [0.4, 0.5) is 0 Å². The highest BCUT2D eigenvalue weighted by Gasteiger charge is 2.24. The van der Waals surface area contributed by atoms with Crippen molar-refractivity contribution in [2.75, 3.05) is 0 Å². The van der Waals surface area contributed by atoms with E-state index in [0.717, 1.165) is 9.24 Å². The molecule has 0 saturated carbocycles. The van der Waals surface area contributed by atoms with Crippen LogP contribution >= 0.6 is 34.9 Å². The van der Waals surface area contributed by atoms with Crippen molar-refractivity contribution in [1.29, 1.82) is 5.26 Å². The van der Waals surface area contributed by atoms with Gasteiger partial charge in [-0.3, -0.25) is 0 Å². The number of aromatic nitrogens is 1. The van der Waals surface area contributed by atoms with Crippen LogP contribution in [0.15, 0.2) is 44.0 Å². The van der Waals surface area contributed by atoms with Crippen molar-refractivity contribution in [3.63, 3.8) is 0 Å². The van der Waals surface area contributed by atoms with Gasteiger partial charge in [0.15, 0.2) is 0 Å². The number of benzene rings is 2. The van der Waals surface area contributed by atoms with Crippen LogP contribution in [0.25, 0.3) is 15.1 Å². The summed E-state index contributed by atoms with van der Waals surface area (Å²) in [4.78, 5) is 10.1. The van der Waals surface area contributed by atoms with Crippen molar-refractivity contribution in [3.8, 4) is 6.07 Å². The highest BCUT2D eigenvalue weighted by Crippen LogP contribution is 2.54. The summed E-state index contributed by atoms with van der Waals surface area (Å²) in [6.45, 7) is 17.4. The van der Waals surface area contributed by atoms with Crippen LogP contribution in [-0.2, 0) is 0 Å². The normalized spacial score (nSPS) is 12.0. The van der Waals surface area contributed by atoms with E-state index in [0.29, 0.717) is 0 Å². The van der Waals surface area contributed by atoms with Gasteiger partial charge in [0.05, 0.1) is 32.1 Å². The molecule has 140 valence electrons. The minimum atomic E-state index is 0.199. The molecule has 0 N–H and O–H groups in total. The fraction of sp³-hybridized carbons (Fsp3) is 0.227. The molecule has 1 aromatic heterocycles. The molecule has 2 aromatic carbocycles. The molecule has 4 rings (SSSR count). The number of fused-ring (bicyclic) bond motifs is 2. The first-order valence-electron chi connectivity index (χ1n) is 8.66. The molecule has 0 aliphatic carbocycles. The molecule has 0 fully saturated rings. The number of allylic oxidation sites excluding steroid dienone is 1. The molecular weight excluding hydrogens is 402 g/mol. The molecule has 3 nitrogen and oxygen atoms in total. The number of hydrogen-bond donors (Lipinski definition) is 0. The molecule has 1 aliphatic heterocycles. The molecular formula is C22H19N3S3. The first kappa shape index (κ1) is 20.5. The Bertz CT molecular complexity index is 1100. The van der Waals surface area contributed by atoms with Crippen LogP contribution < -0.4 is 0 Å². The van der Waals surface area contributed by atoms with Gasteiger partial charge in [0, 0.05) is 9.79 Å². The molecule has 28 heavy (non-hydrogen) atoms. The summed E-state index contributed by atoms with van der Waals surface area (Å²) in [7, 11) is 0. The third kappa shape index (κ3) is 3.95. The maximum absolute atomic E-state index is 8.86. The summed E-state index contributed by atoms with van der Waals surface area (Å²) in [5.41, 5.74) is 6.40. The lowest BCUT2D eigenvalue weighted by atomic mass is 10.1. The first-order chi connectivity index (χ1) is 13.3. The van der Waals surface area contributed by atoms with Crippen molar-refractivity contribution in [3.05, 3.63) is 72.9 Å². The van der Waals surface area contributed by atoms with Gasteiger partial charge in [-0.25, -0.2) is 15.1 Å². The fourth-order valence-electron chi connectivity index (χ4n) is 2.80. The third-order valence-electron chi connectivity index (χ3n) is 4.36. The Morgan fingerprint density at radius 3 is 1.96 bits per heavy atom. The zero-order chi connectivity index (χ0) is 20.4. The second kappa shape index (κ2) is 8.41. The van der Waals surface area contributed by atoms with Gasteiger partial charge in [0.1, 0.15) is 0 Å². The molecule has 1 aliphatic rings. The van der Waals surface area contributed by atoms with Gasteiger partial charge >= 0.3 is 0 Å². The summed E-state index contributed by atoms with van der Waals surface area (Å²) in [6, 6.07) is 10.4. The highest BCUT2D eigenvalue weighted by atomic mass is 32.2. The van der Waals surface area contributed by atoms with Crippen molar-refractivity contribution in [2.24, 2.45) is 0 Å². The van der Waals surface area contributed by atoms with Gasteiger partial charge in [0.2, 0.25) is 0 Å². The molecule has 0 atom stereocenters. The van der Waals surface area contributed by atoms with Gasteiger partial charge in [-0.1, -0.05) is 47.8 Å². The third-order valence-corrected chi connectivity index (χ3v) is 8.31. The predicted octanol–water partition coefficient (Wildman–Crippen LogP) is 7.33. The lowest BCUT2D eigenvalue weighted by Crippen LogP contribution is -1.82. The smallest absolute Gasteiger partial charge is 0.241 e. The van der Waals surface area contributed by atoms with E-state index in [2.05, 4.69) is 68.7 Å². The second-order valence-corrected chi connectivity index (χ2v) is 10.0. The minimum Gasteiger partial charge on any atom is -0.241 e. The molecule has 0 unspecified atom stereocenters. The van der Waals surface area contributed by atoms with Crippen molar-refractivity contribution < 1.29 is 0 Å². The molecule has 0 spiro atoms. The van der Waals surface area contributed by atoms with Crippen molar-refractivity contribution in [1.82, 2.24) is 4.98 Å². The van der Waals surface area contributed by atoms with Gasteiger partial charge in [-0.05, 0) is 56.9 Å². The molecule has 0 radical (unpaired) electrons. The Kier molecular flexibility index (Phi) is 6.15. The number of nitrogens with zero attached hydrogens (tertiary/aromatic N) is 3. The lowest BCUT2D eigenvalue weighted by Gasteiger charge is -2.03. The summed E-state index contributed by atoms with van der Waals surface area (Å²) >= 11 is 4.86. The van der Waals surface area contributed by atoms with Crippen LogP contribution in [0, 0.1) is 52.5 Å². The standard InChI is InChI=1S/C12H8N2S2.C10H11NS/c1-7-4-5-8(2)11-10(7)15-12(16-11)9(6-13)14-3;1-6-4-5-7(2)10-9(6)11-8(3)12-10/h4-5H,1-2H3;4-5H,1-3H3. The average Bonchev–Trinajstić information content (AvgIpc) is 3.29. The quantitative estimate of drug-likeness (QED) is 0.281. The molecule has 2 heterocycles. The van der Waals surface area contributed by atoms with E-state index in [1.165, 1.54) is 42.3 Å².